The molecular formula is C15H23N3. The van der Waals surface area contributed by atoms with E-state index in [9.17, 15) is 0 Å². The molecule has 0 aromatic heterocycles. The van der Waals surface area contributed by atoms with Gasteiger partial charge in [-0.3, -0.25) is 0 Å². The minimum atomic E-state index is 0.439. The standard InChI is InChI=1S/C15H23N3/c16-14-6-8-17(9-7-14)11-12-18-10-5-13-3-1-2-4-15(13)18/h1-4,14H,5-12,16H2. The number of hydrogen-bond acceptors (Lipinski definition) is 3. The summed E-state index contributed by atoms with van der Waals surface area (Å²) < 4.78 is 0. The van der Waals surface area contributed by atoms with Crippen molar-refractivity contribution in [2.45, 2.75) is 25.3 Å². The van der Waals surface area contributed by atoms with E-state index in [4.69, 9.17) is 5.73 Å². The molecule has 1 aromatic carbocycles. The van der Waals surface area contributed by atoms with E-state index in [0.29, 0.717) is 6.04 Å². The monoisotopic (exact) mass is 245 g/mol. The van der Waals surface area contributed by atoms with Gasteiger partial charge in [0, 0.05) is 31.4 Å². The van der Waals surface area contributed by atoms with E-state index in [0.717, 1.165) is 19.4 Å². The molecule has 0 unspecified atom stereocenters. The van der Waals surface area contributed by atoms with Crippen LogP contribution in [0.25, 0.3) is 0 Å². The van der Waals surface area contributed by atoms with E-state index in [2.05, 4.69) is 34.1 Å². The van der Waals surface area contributed by atoms with E-state index in [-0.39, 0.29) is 0 Å². The fraction of sp³-hybridized carbons (Fsp3) is 0.600. The number of nitrogens with two attached hydrogens (primary N) is 1. The molecule has 0 amide bonds. The van der Waals surface area contributed by atoms with Crippen LogP contribution in [0.1, 0.15) is 18.4 Å². The first kappa shape index (κ1) is 12.0. The van der Waals surface area contributed by atoms with Crippen LogP contribution in [0.15, 0.2) is 24.3 Å². The van der Waals surface area contributed by atoms with Gasteiger partial charge >= 0.3 is 0 Å². The first-order valence-corrected chi connectivity index (χ1v) is 7.14. The summed E-state index contributed by atoms with van der Waals surface area (Å²) in [5, 5.41) is 0. The second kappa shape index (κ2) is 5.29. The number of rotatable bonds is 3. The van der Waals surface area contributed by atoms with Crippen LogP contribution < -0.4 is 10.6 Å². The molecule has 0 bridgehead atoms. The van der Waals surface area contributed by atoms with Crippen molar-refractivity contribution in [1.29, 1.82) is 0 Å². The molecule has 18 heavy (non-hydrogen) atoms. The van der Waals surface area contributed by atoms with Crippen LogP contribution in [0, 0.1) is 0 Å². The SMILES string of the molecule is NC1CCN(CCN2CCc3ccccc32)CC1. The number of likely N-dealkylation sites (tertiary alicyclic amines) is 1. The lowest BCUT2D eigenvalue weighted by Crippen LogP contribution is -2.43. The first-order chi connectivity index (χ1) is 8.83. The molecule has 2 aliphatic heterocycles. The van der Waals surface area contributed by atoms with Gasteiger partial charge in [-0.15, -0.1) is 0 Å². The van der Waals surface area contributed by atoms with Gasteiger partial charge in [0.1, 0.15) is 0 Å². The number of piperidine rings is 1. The minimum Gasteiger partial charge on any atom is -0.370 e. The summed E-state index contributed by atoms with van der Waals surface area (Å²) in [6.45, 7) is 5.88. The van der Waals surface area contributed by atoms with Crippen molar-refractivity contribution in [1.82, 2.24) is 4.90 Å². The van der Waals surface area contributed by atoms with E-state index in [1.165, 1.54) is 43.9 Å². The minimum absolute atomic E-state index is 0.439. The molecule has 0 radical (unpaired) electrons. The maximum absolute atomic E-state index is 5.94. The second-order valence-corrected chi connectivity index (χ2v) is 5.54. The number of fused-ring (bicyclic) bond motifs is 1. The maximum atomic E-state index is 5.94. The van der Waals surface area contributed by atoms with Crippen LogP contribution in [0.2, 0.25) is 0 Å². The van der Waals surface area contributed by atoms with Crippen molar-refractivity contribution in [3.8, 4) is 0 Å². The molecule has 2 N–H and O–H groups in total. The highest BCUT2D eigenvalue weighted by Gasteiger charge is 2.20. The number of nitrogens with zero attached hydrogens (tertiary/aromatic N) is 2. The second-order valence-electron chi connectivity index (χ2n) is 5.54. The van der Waals surface area contributed by atoms with Crippen LogP contribution in [0.3, 0.4) is 0 Å². The van der Waals surface area contributed by atoms with Crippen LogP contribution in [0.4, 0.5) is 5.69 Å². The zero-order valence-corrected chi connectivity index (χ0v) is 11.0. The van der Waals surface area contributed by atoms with E-state index in [1.54, 1.807) is 0 Å². The largest absolute Gasteiger partial charge is 0.370 e. The van der Waals surface area contributed by atoms with Crippen molar-refractivity contribution in [2.24, 2.45) is 5.73 Å². The van der Waals surface area contributed by atoms with Gasteiger partial charge in [0.2, 0.25) is 0 Å². The number of para-hydroxylation sites is 1. The maximum Gasteiger partial charge on any atom is 0.0399 e. The van der Waals surface area contributed by atoms with Crippen molar-refractivity contribution < 1.29 is 0 Å². The molecule has 98 valence electrons. The Balaban J connectivity index is 1.53. The molecule has 1 fully saturated rings. The molecule has 1 aromatic rings. The zero-order valence-electron chi connectivity index (χ0n) is 11.0. The Morgan fingerprint density at radius 2 is 1.83 bits per heavy atom. The Labute approximate surface area is 110 Å². The van der Waals surface area contributed by atoms with Gasteiger partial charge in [0.25, 0.3) is 0 Å². The zero-order chi connectivity index (χ0) is 12.4. The molecular weight excluding hydrogens is 222 g/mol. The Hall–Kier alpha value is -1.06. The number of benzene rings is 1. The summed E-state index contributed by atoms with van der Waals surface area (Å²) in [6.07, 6.45) is 3.54. The highest BCUT2D eigenvalue weighted by Crippen LogP contribution is 2.27. The molecule has 0 spiro atoms. The molecule has 1 saturated heterocycles. The Bertz CT molecular complexity index is 396. The summed E-state index contributed by atoms with van der Waals surface area (Å²) in [5.74, 6) is 0. The lowest BCUT2D eigenvalue weighted by atomic mass is 10.1. The topological polar surface area (TPSA) is 32.5 Å². The third-order valence-corrected chi connectivity index (χ3v) is 4.30. The summed E-state index contributed by atoms with van der Waals surface area (Å²) >= 11 is 0. The van der Waals surface area contributed by atoms with Crippen molar-refractivity contribution in [3.05, 3.63) is 29.8 Å². The highest BCUT2D eigenvalue weighted by atomic mass is 15.2. The van der Waals surface area contributed by atoms with Crippen molar-refractivity contribution in [3.63, 3.8) is 0 Å². The summed E-state index contributed by atoms with van der Waals surface area (Å²) in [6, 6.07) is 9.25. The predicted molar refractivity (Wildman–Crippen MR) is 76.0 cm³/mol. The Morgan fingerprint density at radius 3 is 2.67 bits per heavy atom. The number of hydrogen-bond donors (Lipinski definition) is 1. The van der Waals surface area contributed by atoms with Crippen LogP contribution in [0.5, 0.6) is 0 Å². The Morgan fingerprint density at radius 1 is 1.06 bits per heavy atom. The third kappa shape index (κ3) is 2.52. The van der Waals surface area contributed by atoms with Gasteiger partial charge in [-0.1, -0.05) is 18.2 Å². The normalized spacial score (nSPS) is 21.3. The summed E-state index contributed by atoms with van der Waals surface area (Å²) in [4.78, 5) is 5.09. The molecule has 2 aliphatic rings. The van der Waals surface area contributed by atoms with E-state index >= 15 is 0 Å². The molecule has 0 aliphatic carbocycles. The molecule has 0 atom stereocenters. The summed E-state index contributed by atoms with van der Waals surface area (Å²) in [7, 11) is 0. The van der Waals surface area contributed by atoms with Gasteiger partial charge in [-0.2, -0.15) is 0 Å². The first-order valence-electron chi connectivity index (χ1n) is 7.14. The van der Waals surface area contributed by atoms with Crippen LogP contribution >= 0.6 is 0 Å². The van der Waals surface area contributed by atoms with Gasteiger partial charge in [0.05, 0.1) is 0 Å². The average molecular weight is 245 g/mol. The van der Waals surface area contributed by atoms with Crippen LogP contribution in [-0.2, 0) is 6.42 Å². The molecule has 3 nitrogen and oxygen atoms in total. The predicted octanol–water partition coefficient (Wildman–Crippen LogP) is 1.47. The third-order valence-electron chi connectivity index (χ3n) is 4.30. The lowest BCUT2D eigenvalue weighted by molar-refractivity contribution is 0.217. The highest BCUT2D eigenvalue weighted by molar-refractivity contribution is 5.57. The van der Waals surface area contributed by atoms with Crippen molar-refractivity contribution >= 4 is 5.69 Å². The van der Waals surface area contributed by atoms with E-state index in [1.807, 2.05) is 0 Å². The van der Waals surface area contributed by atoms with Gasteiger partial charge in [-0.25, -0.2) is 0 Å². The molecule has 0 saturated carbocycles. The van der Waals surface area contributed by atoms with Crippen molar-refractivity contribution in [2.75, 3.05) is 37.6 Å². The lowest BCUT2D eigenvalue weighted by Gasteiger charge is -2.31. The fourth-order valence-corrected chi connectivity index (χ4v) is 3.08. The molecule has 3 rings (SSSR count). The van der Waals surface area contributed by atoms with Gasteiger partial charge in [0.15, 0.2) is 0 Å². The Kier molecular flexibility index (Phi) is 3.52. The quantitative estimate of drug-likeness (QED) is 0.875. The fourth-order valence-electron chi connectivity index (χ4n) is 3.08. The van der Waals surface area contributed by atoms with Gasteiger partial charge in [-0.05, 0) is 44.0 Å². The average Bonchev–Trinajstić information content (AvgIpc) is 2.82. The summed E-state index contributed by atoms with van der Waals surface area (Å²) in [5.41, 5.74) is 8.90. The smallest absolute Gasteiger partial charge is 0.0399 e. The van der Waals surface area contributed by atoms with Crippen LogP contribution in [-0.4, -0.2) is 43.7 Å². The molecule has 3 heteroatoms. The molecule has 2 heterocycles. The van der Waals surface area contributed by atoms with Gasteiger partial charge < -0.3 is 15.5 Å². The number of anilines is 1. The van der Waals surface area contributed by atoms with E-state index < -0.39 is 0 Å².